The van der Waals surface area contributed by atoms with Gasteiger partial charge in [-0.3, -0.25) is 9.89 Å². The average molecular weight is 555 g/mol. The molecular weight excluding hydrogens is 523 g/mol. The van der Waals surface area contributed by atoms with Gasteiger partial charge in [0.25, 0.3) is 0 Å². The highest BCUT2D eigenvalue weighted by molar-refractivity contribution is 6.03. The van der Waals surface area contributed by atoms with E-state index in [4.69, 9.17) is 20.4 Å². The number of H-pyrrole nitrogens is 1. The molecule has 3 N–H and O–H groups in total. The van der Waals surface area contributed by atoms with Crippen LogP contribution in [0.1, 0.15) is 42.0 Å². The first-order valence-electron chi connectivity index (χ1n) is 14.2. The maximum absolute atomic E-state index is 15.3. The normalized spacial score (nSPS) is 21.0. The van der Waals surface area contributed by atoms with Crippen LogP contribution in [-0.4, -0.2) is 59.4 Å². The minimum atomic E-state index is -0.379. The van der Waals surface area contributed by atoms with Crippen molar-refractivity contribution in [2.75, 3.05) is 48.0 Å². The molecule has 1 fully saturated rings. The lowest BCUT2D eigenvalue weighted by Crippen LogP contribution is -2.45. The lowest BCUT2D eigenvalue weighted by atomic mass is 9.73. The molecule has 0 bridgehead atoms. The molecule has 0 saturated carbocycles. The molecule has 1 saturated heterocycles. The van der Waals surface area contributed by atoms with Gasteiger partial charge in [0.05, 0.1) is 19.0 Å². The zero-order chi connectivity index (χ0) is 27.9. The van der Waals surface area contributed by atoms with E-state index in [1.807, 2.05) is 17.0 Å². The van der Waals surface area contributed by atoms with Crippen molar-refractivity contribution in [3.8, 4) is 5.75 Å². The van der Waals surface area contributed by atoms with Gasteiger partial charge in [-0.2, -0.15) is 5.10 Å². The Kier molecular flexibility index (Phi) is 5.31. The molecule has 1 spiro atoms. The number of hydrogen-bond acceptors (Lipinski definition) is 8. The van der Waals surface area contributed by atoms with Crippen LogP contribution in [0.25, 0.3) is 11.2 Å². The first-order valence-corrected chi connectivity index (χ1v) is 14.2. The summed E-state index contributed by atoms with van der Waals surface area (Å²) in [6, 6.07) is 9.42. The number of benzene rings is 2. The van der Waals surface area contributed by atoms with E-state index < -0.39 is 0 Å². The summed E-state index contributed by atoms with van der Waals surface area (Å²) in [5, 5.41) is 7.56. The van der Waals surface area contributed by atoms with E-state index in [-0.39, 0.29) is 23.2 Å². The van der Waals surface area contributed by atoms with Gasteiger partial charge in [-0.1, -0.05) is 18.2 Å². The molecule has 2 aromatic heterocycles. The summed E-state index contributed by atoms with van der Waals surface area (Å²) in [6.45, 7) is 2.53. The number of aromatic nitrogens is 4. The number of fused-ring (bicyclic) bond motifs is 2. The number of methoxy groups -OCH3 is 1. The highest BCUT2D eigenvalue weighted by Gasteiger charge is 2.47. The Bertz CT molecular complexity index is 1710. The third-order valence-corrected chi connectivity index (χ3v) is 9.67. The fourth-order valence-corrected chi connectivity index (χ4v) is 7.45. The van der Waals surface area contributed by atoms with Crippen molar-refractivity contribution in [1.82, 2.24) is 20.2 Å². The summed E-state index contributed by atoms with van der Waals surface area (Å²) in [5.74, 6) is 1.88. The molecule has 41 heavy (non-hydrogen) atoms. The van der Waals surface area contributed by atoms with Gasteiger partial charge in [-0.25, -0.2) is 14.4 Å². The van der Waals surface area contributed by atoms with Crippen LogP contribution in [0.4, 0.5) is 27.4 Å². The fourth-order valence-electron chi connectivity index (χ4n) is 7.45. The van der Waals surface area contributed by atoms with Crippen molar-refractivity contribution in [3.05, 3.63) is 59.0 Å². The third-order valence-electron chi connectivity index (χ3n) is 9.67. The number of amides is 1. The van der Waals surface area contributed by atoms with Crippen LogP contribution in [0.3, 0.4) is 0 Å². The van der Waals surface area contributed by atoms with Crippen LogP contribution in [0.2, 0.25) is 0 Å². The van der Waals surface area contributed by atoms with Crippen LogP contribution in [0.5, 0.6) is 5.75 Å². The second-order valence-corrected chi connectivity index (χ2v) is 11.6. The van der Waals surface area contributed by atoms with Crippen molar-refractivity contribution < 1.29 is 13.9 Å². The maximum Gasteiger partial charge on any atom is 0.227 e. The van der Waals surface area contributed by atoms with Crippen LogP contribution in [-0.2, 0) is 17.6 Å². The Morgan fingerprint density at radius 1 is 1.07 bits per heavy atom. The first kappa shape index (κ1) is 24.5. The van der Waals surface area contributed by atoms with Crippen molar-refractivity contribution in [1.29, 1.82) is 0 Å². The number of aryl methyl sites for hydroxylation is 1. The number of piperidine rings is 1. The molecule has 0 unspecified atom stereocenters. The van der Waals surface area contributed by atoms with Crippen LogP contribution < -0.4 is 25.2 Å². The summed E-state index contributed by atoms with van der Waals surface area (Å²) >= 11 is 0. The molecule has 0 radical (unpaired) electrons. The summed E-state index contributed by atoms with van der Waals surface area (Å²) in [6.07, 6.45) is 5.65. The Hall–Kier alpha value is -4.25. The molecule has 1 atom stereocenters. The number of nitrogens with zero attached hydrogens (tertiary/aromatic N) is 6. The molecule has 4 aliphatic rings. The standard InChI is InChI=1S/C30H31FN8O2/c1-41-21-4-2-3-18-19(21)15-30(27(18)32)9-11-37(12-10-30)22-16-33-24-28(34-22)35-36-29(24)39-14-13-38-23(40)8-6-17-5-7-20(31)26(39)25(17)38/h2-5,7,16,27H,6,8-15,32H2,1H3,(H,34,35,36)/t27-/m1/s1. The Labute approximate surface area is 236 Å². The van der Waals surface area contributed by atoms with Gasteiger partial charge in [0, 0.05) is 38.6 Å². The van der Waals surface area contributed by atoms with Gasteiger partial charge in [0.15, 0.2) is 17.0 Å². The zero-order valence-electron chi connectivity index (χ0n) is 22.9. The maximum atomic E-state index is 15.3. The lowest BCUT2D eigenvalue weighted by Gasteiger charge is -2.42. The quantitative estimate of drug-likeness (QED) is 0.393. The van der Waals surface area contributed by atoms with E-state index in [0.717, 1.165) is 49.5 Å². The SMILES string of the molecule is COc1cccc2c1CC1(CCN(c3cnc4c(N5CCN6C(=O)CCc7ccc(F)c5c76)n[nH]c4n3)CC1)[C@@H]2N. The molecule has 1 amide bonds. The molecule has 210 valence electrons. The number of carbonyl (C=O) groups is 1. The van der Waals surface area contributed by atoms with Gasteiger partial charge < -0.3 is 25.2 Å². The molecule has 2 aromatic carbocycles. The number of anilines is 4. The highest BCUT2D eigenvalue weighted by atomic mass is 19.1. The molecule has 5 heterocycles. The van der Waals surface area contributed by atoms with E-state index in [2.05, 4.69) is 21.2 Å². The minimum absolute atomic E-state index is 0.00851. The number of rotatable bonds is 3. The molecule has 10 nitrogen and oxygen atoms in total. The smallest absolute Gasteiger partial charge is 0.227 e. The number of hydrogen-bond donors (Lipinski definition) is 2. The number of carbonyl (C=O) groups excluding carboxylic acids is 1. The molecule has 4 aromatic rings. The van der Waals surface area contributed by atoms with Gasteiger partial charge in [-0.05, 0) is 59.9 Å². The monoisotopic (exact) mass is 554 g/mol. The van der Waals surface area contributed by atoms with Crippen LogP contribution in [0, 0.1) is 11.2 Å². The van der Waals surface area contributed by atoms with Gasteiger partial charge in [-0.15, -0.1) is 0 Å². The third kappa shape index (κ3) is 3.51. The Morgan fingerprint density at radius 3 is 2.73 bits per heavy atom. The molecular formula is C30H31FN8O2. The zero-order valence-corrected chi connectivity index (χ0v) is 22.9. The number of nitrogens with one attached hydrogen (secondary N) is 1. The summed E-state index contributed by atoms with van der Waals surface area (Å²) in [5.41, 5.74) is 12.4. The number of aromatic amines is 1. The topological polar surface area (TPSA) is 116 Å². The molecule has 8 rings (SSSR count). The Balaban J connectivity index is 1.06. The average Bonchev–Trinajstić information content (AvgIpc) is 3.54. The molecule has 11 heteroatoms. The van der Waals surface area contributed by atoms with E-state index >= 15 is 4.39 Å². The van der Waals surface area contributed by atoms with Gasteiger partial charge >= 0.3 is 0 Å². The summed E-state index contributed by atoms with van der Waals surface area (Å²) in [7, 11) is 1.72. The van der Waals surface area contributed by atoms with E-state index in [9.17, 15) is 4.79 Å². The Morgan fingerprint density at radius 2 is 1.90 bits per heavy atom. The van der Waals surface area contributed by atoms with Crippen LogP contribution in [0.15, 0.2) is 36.5 Å². The first-order chi connectivity index (χ1) is 20.0. The van der Waals surface area contributed by atoms with Gasteiger partial charge in [0.2, 0.25) is 5.91 Å². The van der Waals surface area contributed by atoms with Crippen LogP contribution >= 0.6 is 0 Å². The predicted molar refractivity (Wildman–Crippen MR) is 153 cm³/mol. The van der Waals surface area contributed by atoms with Crippen molar-refractivity contribution >= 4 is 40.1 Å². The van der Waals surface area contributed by atoms with E-state index in [1.54, 1.807) is 24.3 Å². The van der Waals surface area contributed by atoms with Gasteiger partial charge in [0.1, 0.15) is 23.1 Å². The number of halogens is 1. The summed E-state index contributed by atoms with van der Waals surface area (Å²) in [4.78, 5) is 28.0. The highest BCUT2D eigenvalue weighted by Crippen LogP contribution is 2.53. The minimum Gasteiger partial charge on any atom is -0.496 e. The number of nitrogens with two attached hydrogens (primary N) is 1. The lowest BCUT2D eigenvalue weighted by molar-refractivity contribution is -0.118. The molecule has 1 aliphatic carbocycles. The van der Waals surface area contributed by atoms with E-state index in [1.165, 1.54) is 17.2 Å². The van der Waals surface area contributed by atoms with Crippen molar-refractivity contribution in [2.24, 2.45) is 11.1 Å². The summed E-state index contributed by atoms with van der Waals surface area (Å²) < 4.78 is 20.9. The molecule has 3 aliphatic heterocycles. The van der Waals surface area contributed by atoms with Crippen molar-refractivity contribution in [2.45, 2.75) is 38.1 Å². The number of ether oxygens (including phenoxy) is 1. The predicted octanol–water partition coefficient (Wildman–Crippen LogP) is 3.77. The second kappa shape index (κ2) is 8.87. The fraction of sp³-hybridized carbons (Fsp3) is 0.400. The second-order valence-electron chi connectivity index (χ2n) is 11.6. The van der Waals surface area contributed by atoms with E-state index in [0.29, 0.717) is 54.3 Å². The van der Waals surface area contributed by atoms with Crippen molar-refractivity contribution in [3.63, 3.8) is 0 Å². The largest absolute Gasteiger partial charge is 0.496 e.